The Morgan fingerprint density at radius 1 is 0.725 bits per heavy atom. The van der Waals surface area contributed by atoms with Gasteiger partial charge in [-0.05, 0) is 26.2 Å². The van der Waals surface area contributed by atoms with Gasteiger partial charge in [-0.1, -0.05) is 92.0 Å². The van der Waals surface area contributed by atoms with Gasteiger partial charge in [0, 0.05) is 38.0 Å². The smallest absolute Gasteiger partial charge is 0.315 e. The molecule has 0 aromatic carbocycles. The van der Waals surface area contributed by atoms with Crippen LogP contribution >= 0.6 is 0 Å². The Labute approximate surface area is 403 Å². The molecule has 392 valence electrons. The first-order chi connectivity index (χ1) is 32.7. The highest BCUT2D eigenvalue weighted by molar-refractivity contribution is 5.74. The number of hydrogen-bond donors (Lipinski definition) is 15. The Bertz CT molecular complexity index is 1720. The van der Waals surface area contributed by atoms with Gasteiger partial charge in [-0.2, -0.15) is 0 Å². The number of carbonyl (C=O) groups is 2. The number of aliphatic hydroxyl groups is 12. The van der Waals surface area contributed by atoms with E-state index in [4.69, 9.17) is 24.7 Å². The maximum atomic E-state index is 13.0. The Morgan fingerprint density at radius 2 is 1.32 bits per heavy atom. The van der Waals surface area contributed by atoms with Crippen molar-refractivity contribution >= 4 is 12.0 Å². The predicted molar refractivity (Wildman–Crippen MR) is 250 cm³/mol. The van der Waals surface area contributed by atoms with Gasteiger partial charge in [0.05, 0.1) is 105 Å². The van der Waals surface area contributed by atoms with Gasteiger partial charge in [-0.25, -0.2) is 4.79 Å². The summed E-state index contributed by atoms with van der Waals surface area (Å²) in [6.07, 6.45) is 4.84. The average molecular weight is 984 g/mol. The van der Waals surface area contributed by atoms with Crippen LogP contribution in [0.5, 0.6) is 0 Å². The molecule has 3 aliphatic rings. The SMILES string of the molecule is C[C@H]1C[C@H](O)[C@@H](C)/C=C/C=C/C=C/C=C/C=C/C=C/C=C/[C@H](O[C@@H]2OC[C@@H](O)[C@H](N)[C@@H]2O)C[C@@H]2O[C@](O)(C[C@@H](O)C[C@@H](O)[C@H](O)CC[C@@H](O)C[C@@H](O)CC(=O)O1)C[C@H](O)[C@H]2NC(=O)NC(CO)CO. The van der Waals surface area contributed by atoms with E-state index >= 15 is 0 Å². The minimum Gasteiger partial charge on any atom is -0.462 e. The molecule has 17 atom stereocenters. The molecule has 2 bridgehead atoms. The van der Waals surface area contributed by atoms with Crippen molar-refractivity contribution < 1.29 is 89.8 Å². The van der Waals surface area contributed by atoms with Crippen LogP contribution in [-0.4, -0.2) is 197 Å². The van der Waals surface area contributed by atoms with Gasteiger partial charge in [-0.3, -0.25) is 4.79 Å². The van der Waals surface area contributed by atoms with Gasteiger partial charge in [-0.15, -0.1) is 0 Å². The molecule has 3 rings (SSSR count). The lowest BCUT2D eigenvalue weighted by molar-refractivity contribution is -0.299. The molecule has 16 N–H and O–H groups in total. The number of rotatable bonds is 6. The number of aliphatic hydroxyl groups excluding tert-OH is 11. The van der Waals surface area contributed by atoms with Gasteiger partial charge < -0.3 is 96.6 Å². The summed E-state index contributed by atoms with van der Waals surface area (Å²) in [6.45, 7) is 1.93. The zero-order valence-corrected chi connectivity index (χ0v) is 39.3. The number of urea groups is 1. The van der Waals surface area contributed by atoms with Gasteiger partial charge in [0.15, 0.2) is 12.1 Å². The number of carbonyl (C=O) groups excluding carboxylic acids is 2. The van der Waals surface area contributed by atoms with Crippen LogP contribution in [0.2, 0.25) is 0 Å². The second-order valence-corrected chi connectivity index (χ2v) is 18.0. The van der Waals surface area contributed by atoms with Crippen molar-refractivity contribution in [3.63, 3.8) is 0 Å². The van der Waals surface area contributed by atoms with Crippen LogP contribution in [0.25, 0.3) is 0 Å². The molecule has 2 fully saturated rings. The van der Waals surface area contributed by atoms with Crippen molar-refractivity contribution in [2.75, 3.05) is 19.8 Å². The topological polar surface area (TPSA) is 364 Å². The molecule has 0 radical (unpaired) electrons. The predicted octanol–water partition coefficient (Wildman–Crippen LogP) is -1.60. The van der Waals surface area contributed by atoms with Crippen molar-refractivity contribution in [2.45, 2.75) is 175 Å². The van der Waals surface area contributed by atoms with Crippen molar-refractivity contribution in [2.24, 2.45) is 11.7 Å². The maximum absolute atomic E-state index is 13.0. The number of fused-ring (bicyclic) bond motifs is 2. The van der Waals surface area contributed by atoms with Crippen LogP contribution in [0.4, 0.5) is 4.79 Å². The lowest BCUT2D eigenvalue weighted by atomic mass is 9.87. The lowest BCUT2D eigenvalue weighted by Crippen LogP contribution is -2.64. The largest absolute Gasteiger partial charge is 0.462 e. The standard InChI is InChI=1S/C48H77N3O18/c1-29-15-13-11-9-7-5-3-4-6-8-10-12-14-16-35(68-46-45(63)43(49)40(61)28-66-46)23-41-44(51-47(64)50-31(26-52)27-53)39(60)25-48(65,69-41)24-34(56)21-38(59)36(57)18-17-32(54)20-33(55)22-42(62)67-30(2)19-37(29)58/h3-16,29-41,43-46,52-61,63,65H,17-28,49H2,1-2H3,(H2,50,51,64)/b4-3+,7-5+,8-6+,11-9+,12-10+,15-13+,16-14+/t29-,30-,32+,33+,34-,35-,36+,37-,38+,39-,40+,41-,43-,44+,45-,46-,48+/m0/s1. The van der Waals surface area contributed by atoms with E-state index in [-0.39, 0.29) is 44.6 Å². The molecule has 2 amide bonds. The number of nitrogens with one attached hydrogen (secondary N) is 2. The van der Waals surface area contributed by atoms with Crippen LogP contribution in [0.15, 0.2) is 85.1 Å². The van der Waals surface area contributed by atoms with Crippen molar-refractivity contribution in [3.8, 4) is 0 Å². The highest BCUT2D eigenvalue weighted by Crippen LogP contribution is 2.35. The van der Waals surface area contributed by atoms with Crippen LogP contribution in [-0.2, 0) is 23.7 Å². The first kappa shape index (κ1) is 59.6. The van der Waals surface area contributed by atoms with E-state index in [0.717, 1.165) is 0 Å². The molecule has 0 spiro atoms. The molecule has 2 saturated heterocycles. The minimum absolute atomic E-state index is 0.114. The van der Waals surface area contributed by atoms with Gasteiger partial charge in [0.2, 0.25) is 0 Å². The quantitative estimate of drug-likeness (QED) is 0.133. The zero-order valence-electron chi connectivity index (χ0n) is 39.3. The third-order valence-corrected chi connectivity index (χ3v) is 11.8. The summed E-state index contributed by atoms with van der Waals surface area (Å²) in [5, 5.41) is 133. The molecule has 21 nitrogen and oxygen atoms in total. The Balaban J connectivity index is 1.91. The number of amides is 2. The summed E-state index contributed by atoms with van der Waals surface area (Å²) in [5.41, 5.74) is 5.99. The van der Waals surface area contributed by atoms with Crippen LogP contribution in [0, 0.1) is 5.92 Å². The van der Waals surface area contributed by atoms with E-state index in [9.17, 15) is 70.9 Å². The van der Waals surface area contributed by atoms with Crippen molar-refractivity contribution in [3.05, 3.63) is 85.1 Å². The van der Waals surface area contributed by atoms with Gasteiger partial charge >= 0.3 is 12.0 Å². The van der Waals surface area contributed by atoms with Gasteiger partial charge in [0.1, 0.15) is 12.2 Å². The third kappa shape index (κ3) is 22.1. The molecule has 0 aromatic rings. The molecular weight excluding hydrogens is 907 g/mol. The van der Waals surface area contributed by atoms with E-state index in [1.54, 1.807) is 85.9 Å². The summed E-state index contributed by atoms with van der Waals surface area (Å²) in [5.74, 6) is -3.32. The Morgan fingerprint density at radius 3 is 1.93 bits per heavy atom. The van der Waals surface area contributed by atoms with Crippen LogP contribution in [0.1, 0.15) is 71.6 Å². The summed E-state index contributed by atoms with van der Waals surface area (Å²) in [6, 6.07) is -4.43. The maximum Gasteiger partial charge on any atom is 0.315 e. The second kappa shape index (κ2) is 30.9. The lowest BCUT2D eigenvalue weighted by Gasteiger charge is -2.46. The normalized spacial score (nSPS) is 41.4. The highest BCUT2D eigenvalue weighted by atomic mass is 16.7. The van der Waals surface area contributed by atoms with E-state index in [2.05, 4.69) is 10.6 Å². The number of hydrogen-bond acceptors (Lipinski definition) is 19. The fraction of sp³-hybridized carbons (Fsp3) is 0.667. The van der Waals surface area contributed by atoms with Gasteiger partial charge in [0.25, 0.3) is 0 Å². The van der Waals surface area contributed by atoms with E-state index in [1.807, 2.05) is 13.0 Å². The van der Waals surface area contributed by atoms with E-state index < -0.39 is 154 Å². The average Bonchev–Trinajstić information content (AvgIpc) is 3.27. The molecular formula is C48H77N3O18. The Kier molecular flexibility index (Phi) is 26.7. The van der Waals surface area contributed by atoms with Crippen LogP contribution in [0.3, 0.4) is 0 Å². The first-order valence-electron chi connectivity index (χ1n) is 23.5. The molecule has 0 unspecified atom stereocenters. The first-order valence-corrected chi connectivity index (χ1v) is 23.5. The molecule has 0 aliphatic carbocycles. The van der Waals surface area contributed by atoms with E-state index in [0.29, 0.717) is 0 Å². The number of esters is 1. The fourth-order valence-electron chi connectivity index (χ4n) is 7.88. The molecule has 0 saturated carbocycles. The number of ether oxygens (including phenoxy) is 4. The molecule has 3 heterocycles. The number of allylic oxidation sites excluding steroid dienone is 12. The van der Waals surface area contributed by atoms with E-state index in [1.165, 1.54) is 0 Å². The summed E-state index contributed by atoms with van der Waals surface area (Å²) < 4.78 is 23.2. The third-order valence-electron chi connectivity index (χ3n) is 11.8. The second-order valence-electron chi connectivity index (χ2n) is 18.0. The number of cyclic esters (lactones) is 1. The fourth-order valence-corrected chi connectivity index (χ4v) is 7.88. The van der Waals surface area contributed by atoms with Crippen LogP contribution < -0.4 is 16.4 Å². The molecule has 3 aliphatic heterocycles. The molecule has 0 aromatic heterocycles. The minimum atomic E-state index is -2.32. The number of nitrogens with two attached hydrogens (primary N) is 1. The summed E-state index contributed by atoms with van der Waals surface area (Å²) in [7, 11) is 0. The Hall–Kier alpha value is -3.72. The zero-order chi connectivity index (χ0) is 51.1. The highest BCUT2D eigenvalue weighted by Gasteiger charge is 2.49. The summed E-state index contributed by atoms with van der Waals surface area (Å²) >= 11 is 0. The molecule has 69 heavy (non-hydrogen) atoms. The van der Waals surface area contributed by atoms with Crippen molar-refractivity contribution in [1.82, 2.24) is 10.6 Å². The van der Waals surface area contributed by atoms with Crippen molar-refractivity contribution in [1.29, 1.82) is 0 Å². The summed E-state index contributed by atoms with van der Waals surface area (Å²) in [4.78, 5) is 25.6. The monoisotopic (exact) mass is 984 g/mol. The molecule has 21 heteroatoms.